The highest BCUT2D eigenvalue weighted by Crippen LogP contribution is 2.36. The summed E-state index contributed by atoms with van der Waals surface area (Å²) in [5.74, 6) is 0. The Kier molecular flexibility index (Phi) is 3.21. The third-order valence-electron chi connectivity index (χ3n) is 3.12. The standard InChI is InChI=1S/C10H20O4/c1-9(2)10(3,4)14-8(6-12)7(5-11)13-9/h7-8,11-12H,5-6H2,1-4H3/t7-,8?/m1/s1. The lowest BCUT2D eigenvalue weighted by Crippen LogP contribution is -2.62. The number of ether oxygens (including phenoxy) is 2. The van der Waals surface area contributed by atoms with Crippen molar-refractivity contribution in [3.8, 4) is 0 Å². The zero-order valence-corrected chi connectivity index (χ0v) is 9.28. The van der Waals surface area contributed by atoms with Crippen LogP contribution in [0.15, 0.2) is 0 Å². The second-order valence-electron chi connectivity index (χ2n) is 4.70. The molecule has 0 bridgehead atoms. The van der Waals surface area contributed by atoms with Gasteiger partial charge in [-0.2, -0.15) is 0 Å². The van der Waals surface area contributed by atoms with Crippen LogP contribution in [0.25, 0.3) is 0 Å². The van der Waals surface area contributed by atoms with Crippen molar-refractivity contribution in [3.05, 3.63) is 0 Å². The van der Waals surface area contributed by atoms with E-state index in [-0.39, 0.29) is 13.2 Å². The van der Waals surface area contributed by atoms with Crippen molar-refractivity contribution in [1.82, 2.24) is 0 Å². The molecule has 2 N–H and O–H groups in total. The molecule has 1 aliphatic rings. The van der Waals surface area contributed by atoms with Crippen LogP contribution in [-0.4, -0.2) is 46.8 Å². The van der Waals surface area contributed by atoms with Crippen LogP contribution in [0.5, 0.6) is 0 Å². The molecule has 4 heteroatoms. The summed E-state index contributed by atoms with van der Waals surface area (Å²) in [6.07, 6.45) is -0.883. The smallest absolute Gasteiger partial charge is 0.110 e. The van der Waals surface area contributed by atoms with Gasteiger partial charge >= 0.3 is 0 Å². The monoisotopic (exact) mass is 204 g/mol. The molecular formula is C10H20O4. The lowest BCUT2D eigenvalue weighted by molar-refractivity contribution is -0.304. The molecule has 1 heterocycles. The second-order valence-corrected chi connectivity index (χ2v) is 4.70. The van der Waals surface area contributed by atoms with E-state index in [0.29, 0.717) is 0 Å². The highest BCUT2D eigenvalue weighted by Gasteiger charge is 2.48. The van der Waals surface area contributed by atoms with E-state index in [1.165, 1.54) is 0 Å². The Bertz CT molecular complexity index is 178. The molecule has 2 atom stereocenters. The molecule has 0 aliphatic carbocycles. The molecule has 0 spiro atoms. The van der Waals surface area contributed by atoms with Crippen LogP contribution in [0.1, 0.15) is 27.7 Å². The Balaban J connectivity index is 2.81. The average Bonchev–Trinajstić information content (AvgIpc) is 2.09. The molecular weight excluding hydrogens is 184 g/mol. The normalized spacial score (nSPS) is 35.6. The van der Waals surface area contributed by atoms with Gasteiger partial charge in [-0.05, 0) is 27.7 Å². The summed E-state index contributed by atoms with van der Waals surface area (Å²) in [5, 5.41) is 18.2. The Morgan fingerprint density at radius 1 is 0.857 bits per heavy atom. The summed E-state index contributed by atoms with van der Waals surface area (Å²) in [6.45, 7) is 7.41. The average molecular weight is 204 g/mol. The van der Waals surface area contributed by atoms with Crippen molar-refractivity contribution in [1.29, 1.82) is 0 Å². The van der Waals surface area contributed by atoms with E-state index in [2.05, 4.69) is 0 Å². The molecule has 0 radical (unpaired) electrons. The predicted molar refractivity (Wildman–Crippen MR) is 52.1 cm³/mol. The van der Waals surface area contributed by atoms with Gasteiger partial charge in [0.2, 0.25) is 0 Å². The van der Waals surface area contributed by atoms with Crippen LogP contribution in [0.2, 0.25) is 0 Å². The van der Waals surface area contributed by atoms with Gasteiger partial charge in [0.25, 0.3) is 0 Å². The summed E-state index contributed by atoms with van der Waals surface area (Å²) in [4.78, 5) is 0. The first kappa shape index (κ1) is 11.9. The second kappa shape index (κ2) is 3.77. The third kappa shape index (κ3) is 1.93. The quantitative estimate of drug-likeness (QED) is 0.679. The SMILES string of the molecule is CC1(C)OC(CO)[C@@H](CO)OC1(C)C. The van der Waals surface area contributed by atoms with Crippen molar-refractivity contribution in [2.75, 3.05) is 13.2 Å². The van der Waals surface area contributed by atoms with Crippen molar-refractivity contribution < 1.29 is 19.7 Å². The van der Waals surface area contributed by atoms with Crippen molar-refractivity contribution in [3.63, 3.8) is 0 Å². The first-order valence-electron chi connectivity index (χ1n) is 4.91. The number of rotatable bonds is 2. The van der Waals surface area contributed by atoms with E-state index in [1.54, 1.807) is 0 Å². The van der Waals surface area contributed by atoms with E-state index in [9.17, 15) is 0 Å². The van der Waals surface area contributed by atoms with Crippen LogP contribution in [0, 0.1) is 0 Å². The van der Waals surface area contributed by atoms with Gasteiger partial charge in [0.1, 0.15) is 12.2 Å². The van der Waals surface area contributed by atoms with E-state index < -0.39 is 23.4 Å². The summed E-state index contributed by atoms with van der Waals surface area (Å²) in [5.41, 5.74) is -0.932. The third-order valence-corrected chi connectivity index (χ3v) is 3.12. The predicted octanol–water partition coefficient (Wildman–Crippen LogP) is 0.312. The van der Waals surface area contributed by atoms with E-state index in [1.807, 2.05) is 27.7 Å². The van der Waals surface area contributed by atoms with Crippen molar-refractivity contribution >= 4 is 0 Å². The molecule has 0 aromatic carbocycles. The summed E-state index contributed by atoms with van der Waals surface area (Å²) >= 11 is 0. The molecule has 4 nitrogen and oxygen atoms in total. The molecule has 0 aromatic rings. The minimum Gasteiger partial charge on any atom is -0.394 e. The molecule has 1 fully saturated rings. The number of hydrogen-bond donors (Lipinski definition) is 2. The van der Waals surface area contributed by atoms with Gasteiger partial charge in [0.15, 0.2) is 0 Å². The molecule has 0 saturated carbocycles. The number of aliphatic hydroxyl groups excluding tert-OH is 2. The lowest BCUT2D eigenvalue weighted by Gasteiger charge is -2.51. The maximum absolute atomic E-state index is 9.08. The minimum absolute atomic E-state index is 0.134. The zero-order valence-electron chi connectivity index (χ0n) is 9.28. The van der Waals surface area contributed by atoms with Gasteiger partial charge in [0, 0.05) is 0 Å². The Morgan fingerprint density at radius 2 is 1.14 bits per heavy atom. The summed E-state index contributed by atoms with van der Waals surface area (Å²) in [6, 6.07) is 0. The van der Waals surface area contributed by atoms with Gasteiger partial charge in [0.05, 0.1) is 24.4 Å². The van der Waals surface area contributed by atoms with Crippen LogP contribution >= 0.6 is 0 Å². The van der Waals surface area contributed by atoms with Gasteiger partial charge in [-0.1, -0.05) is 0 Å². The highest BCUT2D eigenvalue weighted by atomic mass is 16.6. The highest BCUT2D eigenvalue weighted by molar-refractivity contribution is 4.96. The molecule has 1 aliphatic heterocycles. The molecule has 14 heavy (non-hydrogen) atoms. The van der Waals surface area contributed by atoms with Gasteiger partial charge < -0.3 is 19.7 Å². The summed E-state index contributed by atoms with van der Waals surface area (Å²) in [7, 11) is 0. The first-order valence-corrected chi connectivity index (χ1v) is 4.91. The van der Waals surface area contributed by atoms with Gasteiger partial charge in [-0.3, -0.25) is 0 Å². The maximum Gasteiger partial charge on any atom is 0.110 e. The zero-order chi connectivity index (χ0) is 11.0. The number of aliphatic hydroxyl groups is 2. The van der Waals surface area contributed by atoms with Gasteiger partial charge in [-0.25, -0.2) is 0 Å². The Hall–Kier alpha value is -0.160. The van der Waals surface area contributed by atoms with Crippen LogP contribution in [-0.2, 0) is 9.47 Å². The van der Waals surface area contributed by atoms with Crippen LogP contribution in [0.4, 0.5) is 0 Å². The fourth-order valence-corrected chi connectivity index (χ4v) is 1.50. The lowest BCUT2D eigenvalue weighted by atomic mass is 9.86. The van der Waals surface area contributed by atoms with Gasteiger partial charge in [-0.15, -0.1) is 0 Å². The van der Waals surface area contributed by atoms with E-state index in [0.717, 1.165) is 0 Å². The van der Waals surface area contributed by atoms with E-state index in [4.69, 9.17) is 19.7 Å². The summed E-state index contributed by atoms with van der Waals surface area (Å²) < 4.78 is 11.4. The molecule has 1 saturated heterocycles. The molecule has 0 amide bonds. The fourth-order valence-electron chi connectivity index (χ4n) is 1.50. The Labute approximate surface area is 84.8 Å². The maximum atomic E-state index is 9.08. The first-order chi connectivity index (χ1) is 6.34. The molecule has 0 aromatic heterocycles. The van der Waals surface area contributed by atoms with E-state index >= 15 is 0 Å². The van der Waals surface area contributed by atoms with Crippen molar-refractivity contribution in [2.45, 2.75) is 51.1 Å². The minimum atomic E-state index is -0.466. The topological polar surface area (TPSA) is 58.9 Å². The van der Waals surface area contributed by atoms with Crippen molar-refractivity contribution in [2.24, 2.45) is 0 Å². The largest absolute Gasteiger partial charge is 0.394 e. The fraction of sp³-hybridized carbons (Fsp3) is 1.00. The molecule has 1 unspecified atom stereocenters. The number of hydrogen-bond acceptors (Lipinski definition) is 4. The molecule has 1 rings (SSSR count). The van der Waals surface area contributed by atoms with Crippen LogP contribution < -0.4 is 0 Å². The molecule has 84 valence electrons. The Morgan fingerprint density at radius 3 is 1.36 bits per heavy atom. The van der Waals surface area contributed by atoms with Crippen LogP contribution in [0.3, 0.4) is 0 Å².